The first-order valence-electron chi connectivity index (χ1n) is 6.92. The molecule has 5 heteroatoms. The molecule has 1 aromatic rings. The minimum Gasteiger partial charge on any atom is -0.391 e. The van der Waals surface area contributed by atoms with Crippen molar-refractivity contribution in [1.82, 2.24) is 10.6 Å². The lowest BCUT2D eigenvalue weighted by molar-refractivity contribution is -0.120. The lowest BCUT2D eigenvalue weighted by Crippen LogP contribution is -2.35. The highest BCUT2D eigenvalue weighted by Crippen LogP contribution is 2.08. The first kappa shape index (κ1) is 17.0. The number of hydrogen-bond donors (Lipinski definition) is 3. The van der Waals surface area contributed by atoms with Gasteiger partial charge in [-0.2, -0.15) is 0 Å². The van der Waals surface area contributed by atoms with Crippen molar-refractivity contribution in [3.05, 3.63) is 35.4 Å². The number of halogens is 1. The molecule has 0 aliphatic carbocycles. The van der Waals surface area contributed by atoms with Crippen LogP contribution in [-0.2, 0) is 17.6 Å². The third-order valence-electron chi connectivity index (χ3n) is 3.66. The molecule has 0 aromatic heterocycles. The Morgan fingerprint density at radius 3 is 2.50 bits per heavy atom. The summed E-state index contributed by atoms with van der Waals surface area (Å²) in [6.07, 6.45) is 1.07. The van der Waals surface area contributed by atoms with Crippen LogP contribution in [0.25, 0.3) is 0 Å². The van der Waals surface area contributed by atoms with Crippen LogP contribution in [0.1, 0.15) is 18.1 Å². The normalized spacial score (nSPS) is 21.3. The van der Waals surface area contributed by atoms with Crippen LogP contribution in [0.2, 0.25) is 0 Å². The third-order valence-corrected chi connectivity index (χ3v) is 3.66. The van der Waals surface area contributed by atoms with E-state index in [1.165, 1.54) is 5.56 Å². The second kappa shape index (κ2) is 8.25. The zero-order valence-corrected chi connectivity index (χ0v) is 12.6. The molecule has 1 saturated heterocycles. The average Bonchev–Trinajstić information content (AvgIpc) is 2.83. The van der Waals surface area contributed by atoms with E-state index in [9.17, 15) is 9.90 Å². The maximum atomic E-state index is 11.8. The van der Waals surface area contributed by atoms with Crippen LogP contribution in [0, 0.1) is 5.92 Å². The van der Waals surface area contributed by atoms with Crippen LogP contribution in [0.5, 0.6) is 0 Å². The smallest absolute Gasteiger partial charge is 0.224 e. The molecule has 1 aliphatic rings. The van der Waals surface area contributed by atoms with Crippen molar-refractivity contribution in [2.24, 2.45) is 5.92 Å². The summed E-state index contributed by atoms with van der Waals surface area (Å²) >= 11 is 0. The third kappa shape index (κ3) is 4.78. The second-order valence-electron chi connectivity index (χ2n) is 5.14. The van der Waals surface area contributed by atoms with Crippen LogP contribution in [-0.4, -0.2) is 36.8 Å². The maximum Gasteiger partial charge on any atom is 0.224 e. The van der Waals surface area contributed by atoms with Crippen molar-refractivity contribution in [3.8, 4) is 0 Å². The highest BCUT2D eigenvalue weighted by molar-refractivity contribution is 5.85. The zero-order chi connectivity index (χ0) is 13.7. The number of β-amino-alcohol motifs (C(OH)–C–C–N with tert-alkyl or cyclic N) is 1. The van der Waals surface area contributed by atoms with Crippen molar-refractivity contribution in [2.75, 3.05) is 19.6 Å². The van der Waals surface area contributed by atoms with Gasteiger partial charge < -0.3 is 15.7 Å². The molecule has 2 rings (SSSR count). The van der Waals surface area contributed by atoms with Crippen molar-refractivity contribution in [1.29, 1.82) is 0 Å². The van der Waals surface area contributed by atoms with Gasteiger partial charge >= 0.3 is 0 Å². The topological polar surface area (TPSA) is 61.4 Å². The van der Waals surface area contributed by atoms with Gasteiger partial charge in [0.1, 0.15) is 0 Å². The highest BCUT2D eigenvalue weighted by atomic mass is 35.5. The first-order valence-corrected chi connectivity index (χ1v) is 6.92. The standard InChI is InChI=1S/C15H22N2O2.ClH/c1-2-11-3-5-12(6-4-11)7-15(19)17-9-13-8-16-10-14(13)18;/h3-6,13-14,16,18H,2,7-10H2,1H3,(H,17,19);1H. The molecule has 1 aliphatic heterocycles. The van der Waals surface area contributed by atoms with Gasteiger partial charge in [-0.05, 0) is 17.5 Å². The molecule has 0 radical (unpaired) electrons. The van der Waals surface area contributed by atoms with Crippen LogP contribution in [0.3, 0.4) is 0 Å². The molecule has 0 bridgehead atoms. The summed E-state index contributed by atoms with van der Waals surface area (Å²) in [6.45, 7) is 4.05. The Morgan fingerprint density at radius 1 is 1.30 bits per heavy atom. The van der Waals surface area contributed by atoms with Gasteiger partial charge in [-0.15, -0.1) is 12.4 Å². The minimum absolute atomic E-state index is 0. The van der Waals surface area contributed by atoms with E-state index in [2.05, 4.69) is 29.7 Å². The minimum atomic E-state index is -0.343. The lowest BCUT2D eigenvalue weighted by Gasteiger charge is -2.14. The molecule has 3 N–H and O–H groups in total. The molecule has 1 heterocycles. The lowest BCUT2D eigenvalue weighted by atomic mass is 10.1. The summed E-state index contributed by atoms with van der Waals surface area (Å²) in [7, 11) is 0. The fraction of sp³-hybridized carbons (Fsp3) is 0.533. The number of carbonyl (C=O) groups excluding carboxylic acids is 1. The van der Waals surface area contributed by atoms with Crippen LogP contribution in [0.15, 0.2) is 24.3 Å². The summed E-state index contributed by atoms with van der Waals surface area (Å²) in [6, 6.07) is 8.13. The Kier molecular flexibility index (Phi) is 6.99. The van der Waals surface area contributed by atoms with Crippen LogP contribution >= 0.6 is 12.4 Å². The molecule has 2 unspecified atom stereocenters. The van der Waals surface area contributed by atoms with Crippen LogP contribution < -0.4 is 10.6 Å². The van der Waals surface area contributed by atoms with E-state index in [1.54, 1.807) is 0 Å². The van der Waals surface area contributed by atoms with Gasteiger partial charge in [-0.25, -0.2) is 0 Å². The number of nitrogens with one attached hydrogen (secondary N) is 2. The largest absolute Gasteiger partial charge is 0.391 e. The van der Waals surface area contributed by atoms with E-state index in [1.807, 2.05) is 12.1 Å². The second-order valence-corrected chi connectivity index (χ2v) is 5.14. The molecule has 0 spiro atoms. The Hall–Kier alpha value is -1.10. The first-order chi connectivity index (χ1) is 9.19. The van der Waals surface area contributed by atoms with E-state index in [-0.39, 0.29) is 30.3 Å². The summed E-state index contributed by atoms with van der Waals surface area (Å²) < 4.78 is 0. The van der Waals surface area contributed by atoms with E-state index in [0.29, 0.717) is 19.5 Å². The molecule has 1 aromatic carbocycles. The van der Waals surface area contributed by atoms with E-state index in [0.717, 1.165) is 18.5 Å². The van der Waals surface area contributed by atoms with E-state index >= 15 is 0 Å². The maximum absolute atomic E-state index is 11.8. The average molecular weight is 299 g/mol. The number of benzene rings is 1. The molecule has 2 atom stereocenters. The number of amides is 1. The molecule has 4 nitrogen and oxygen atoms in total. The monoisotopic (exact) mass is 298 g/mol. The van der Waals surface area contributed by atoms with Gasteiger partial charge in [-0.1, -0.05) is 31.2 Å². The molecular weight excluding hydrogens is 276 g/mol. The van der Waals surface area contributed by atoms with Gasteiger partial charge in [0, 0.05) is 25.6 Å². The quantitative estimate of drug-likeness (QED) is 0.757. The number of rotatable bonds is 5. The van der Waals surface area contributed by atoms with Gasteiger partial charge in [0.05, 0.1) is 12.5 Å². The van der Waals surface area contributed by atoms with Crippen molar-refractivity contribution in [2.45, 2.75) is 25.9 Å². The Bertz CT molecular complexity index is 422. The summed E-state index contributed by atoms with van der Waals surface area (Å²) in [5.74, 6) is 0.148. The van der Waals surface area contributed by atoms with Gasteiger partial charge in [0.2, 0.25) is 5.91 Å². The van der Waals surface area contributed by atoms with Crippen molar-refractivity contribution in [3.63, 3.8) is 0 Å². The number of carbonyl (C=O) groups is 1. The molecule has 0 saturated carbocycles. The summed E-state index contributed by atoms with van der Waals surface area (Å²) in [4.78, 5) is 11.8. The fourth-order valence-electron chi connectivity index (χ4n) is 2.31. The molecule has 1 fully saturated rings. The number of hydrogen-bond acceptors (Lipinski definition) is 3. The molecule has 20 heavy (non-hydrogen) atoms. The number of aliphatic hydroxyl groups excluding tert-OH is 1. The van der Waals surface area contributed by atoms with Crippen LogP contribution in [0.4, 0.5) is 0 Å². The van der Waals surface area contributed by atoms with Gasteiger partial charge in [-0.3, -0.25) is 4.79 Å². The number of aryl methyl sites for hydroxylation is 1. The highest BCUT2D eigenvalue weighted by Gasteiger charge is 2.24. The molecular formula is C15H23ClN2O2. The predicted molar refractivity (Wildman–Crippen MR) is 82.1 cm³/mol. The van der Waals surface area contributed by atoms with Gasteiger partial charge in [0.15, 0.2) is 0 Å². The van der Waals surface area contributed by atoms with Crippen molar-refractivity contribution >= 4 is 18.3 Å². The Morgan fingerprint density at radius 2 is 1.95 bits per heavy atom. The Balaban J connectivity index is 0.00000200. The summed E-state index contributed by atoms with van der Waals surface area (Å²) in [5, 5.41) is 15.6. The summed E-state index contributed by atoms with van der Waals surface area (Å²) in [5.41, 5.74) is 2.31. The van der Waals surface area contributed by atoms with Crippen molar-refractivity contribution < 1.29 is 9.90 Å². The molecule has 1 amide bonds. The van der Waals surface area contributed by atoms with Gasteiger partial charge in [0.25, 0.3) is 0 Å². The number of aliphatic hydroxyl groups is 1. The zero-order valence-electron chi connectivity index (χ0n) is 11.8. The SMILES string of the molecule is CCc1ccc(CC(=O)NCC2CNCC2O)cc1.Cl. The molecule has 112 valence electrons. The van der Waals surface area contributed by atoms with E-state index in [4.69, 9.17) is 0 Å². The fourth-order valence-corrected chi connectivity index (χ4v) is 2.31. The van der Waals surface area contributed by atoms with E-state index < -0.39 is 0 Å². The predicted octanol–water partition coefficient (Wildman–Crippen LogP) is 0.910. The Labute approximate surface area is 126 Å².